The molecule has 3 aromatic rings. The van der Waals surface area contributed by atoms with Gasteiger partial charge in [-0.25, -0.2) is 17.5 Å². The maximum Gasteiger partial charge on any atom is 0.270 e. The van der Waals surface area contributed by atoms with E-state index in [-0.39, 0.29) is 30.3 Å². The second-order valence-corrected chi connectivity index (χ2v) is 8.43. The molecule has 162 valence electrons. The minimum Gasteiger partial charge on any atom is -0.477 e. The van der Waals surface area contributed by atoms with E-state index in [9.17, 15) is 17.6 Å². The molecule has 0 aliphatic heterocycles. The first kappa shape index (κ1) is 22.0. The van der Waals surface area contributed by atoms with Crippen LogP contribution in [-0.4, -0.2) is 50.6 Å². The van der Waals surface area contributed by atoms with Crippen LogP contribution in [0.2, 0.25) is 0 Å². The van der Waals surface area contributed by atoms with Crippen molar-refractivity contribution in [1.29, 1.82) is 5.26 Å². The zero-order valence-corrected chi connectivity index (χ0v) is 17.9. The predicted molar refractivity (Wildman–Crippen MR) is 113 cm³/mol. The molecule has 9 nitrogen and oxygen atoms in total. The first-order chi connectivity index (χ1) is 14.7. The Balaban J connectivity index is 2.35. The number of hydrogen-bond donors (Lipinski definition) is 1. The number of carbonyl (C=O) groups is 1. The van der Waals surface area contributed by atoms with Crippen molar-refractivity contribution < 1.29 is 22.3 Å². The van der Waals surface area contributed by atoms with Crippen LogP contribution in [0.25, 0.3) is 16.6 Å². The lowest BCUT2D eigenvalue weighted by atomic mass is 10.1. The molecule has 0 bridgehead atoms. The van der Waals surface area contributed by atoms with E-state index in [4.69, 9.17) is 10.00 Å². The van der Waals surface area contributed by atoms with Gasteiger partial charge in [-0.15, -0.1) is 0 Å². The standard InChI is InChI=1S/C20H20FN5O4S/c1-4-25(31(3,28)29)17-12-16-15(11-18(17)30-10-9-22)19(20(27)23-2)26(24-16)14-7-5-13(21)6-8-14/h5-8,11-12H,4,10H2,1-3H3,(H,23,27). The third-order valence-corrected chi connectivity index (χ3v) is 5.77. The van der Waals surface area contributed by atoms with Gasteiger partial charge in [-0.1, -0.05) is 0 Å². The average Bonchev–Trinajstić information content (AvgIpc) is 3.09. The second kappa shape index (κ2) is 8.61. The van der Waals surface area contributed by atoms with Crippen molar-refractivity contribution in [1.82, 2.24) is 15.1 Å². The van der Waals surface area contributed by atoms with Crippen molar-refractivity contribution >= 4 is 32.5 Å². The van der Waals surface area contributed by atoms with E-state index in [1.165, 1.54) is 48.1 Å². The normalized spacial score (nSPS) is 11.2. The van der Waals surface area contributed by atoms with Gasteiger partial charge in [0.25, 0.3) is 5.91 Å². The van der Waals surface area contributed by atoms with E-state index in [0.717, 1.165) is 10.6 Å². The molecule has 0 aliphatic carbocycles. The van der Waals surface area contributed by atoms with Gasteiger partial charge < -0.3 is 10.1 Å². The number of anilines is 1. The molecular weight excluding hydrogens is 425 g/mol. The first-order valence-corrected chi connectivity index (χ1v) is 11.1. The number of amides is 1. The molecule has 0 saturated carbocycles. The van der Waals surface area contributed by atoms with Crippen LogP contribution in [0.15, 0.2) is 36.4 Å². The molecular formula is C20H20FN5O4S. The average molecular weight is 445 g/mol. The number of nitrogens with one attached hydrogen (secondary N) is 1. The van der Waals surface area contributed by atoms with Gasteiger partial charge in [0.1, 0.15) is 23.3 Å². The smallest absolute Gasteiger partial charge is 0.270 e. The Hall–Kier alpha value is -3.65. The summed E-state index contributed by atoms with van der Waals surface area (Å²) in [6.45, 7) is 1.46. The molecule has 11 heteroatoms. The molecule has 0 radical (unpaired) electrons. The van der Waals surface area contributed by atoms with Crippen molar-refractivity contribution in [3.05, 3.63) is 47.9 Å². The summed E-state index contributed by atoms with van der Waals surface area (Å²) in [5, 5.41) is 16.3. The fraction of sp³-hybridized carbons (Fsp3) is 0.250. The number of ether oxygens (including phenoxy) is 1. The number of aromatic nitrogens is 2. The topological polar surface area (TPSA) is 117 Å². The fourth-order valence-corrected chi connectivity index (χ4v) is 4.18. The molecule has 0 spiro atoms. The molecule has 0 saturated heterocycles. The summed E-state index contributed by atoms with van der Waals surface area (Å²) in [4.78, 5) is 12.7. The molecule has 0 unspecified atom stereocenters. The second-order valence-electron chi connectivity index (χ2n) is 6.53. The van der Waals surface area contributed by atoms with Gasteiger partial charge in [-0.05, 0) is 43.3 Å². The van der Waals surface area contributed by atoms with E-state index < -0.39 is 21.7 Å². The molecule has 3 rings (SSSR count). The number of nitriles is 1. The van der Waals surface area contributed by atoms with Crippen LogP contribution in [0.4, 0.5) is 10.1 Å². The van der Waals surface area contributed by atoms with Crippen molar-refractivity contribution in [2.45, 2.75) is 6.92 Å². The van der Waals surface area contributed by atoms with Crippen LogP contribution in [0.3, 0.4) is 0 Å². The number of carbonyl (C=O) groups excluding carboxylic acids is 1. The number of sulfonamides is 1. The number of fused-ring (bicyclic) bond motifs is 1. The predicted octanol–water partition coefficient (Wildman–Crippen LogP) is 2.21. The van der Waals surface area contributed by atoms with E-state index in [1.54, 1.807) is 6.92 Å². The Labute approximate surface area is 178 Å². The largest absolute Gasteiger partial charge is 0.477 e. The van der Waals surface area contributed by atoms with Gasteiger partial charge in [-0.2, -0.15) is 10.4 Å². The van der Waals surface area contributed by atoms with Crippen molar-refractivity contribution in [2.24, 2.45) is 0 Å². The highest BCUT2D eigenvalue weighted by molar-refractivity contribution is 7.92. The van der Waals surface area contributed by atoms with Gasteiger partial charge in [0.05, 0.1) is 23.1 Å². The summed E-state index contributed by atoms with van der Waals surface area (Å²) in [5.74, 6) is -0.783. The Morgan fingerprint density at radius 2 is 2.00 bits per heavy atom. The monoisotopic (exact) mass is 445 g/mol. The first-order valence-electron chi connectivity index (χ1n) is 9.23. The Kier molecular flexibility index (Phi) is 6.12. The van der Waals surface area contributed by atoms with Crippen LogP contribution in [-0.2, 0) is 10.0 Å². The zero-order valence-electron chi connectivity index (χ0n) is 17.1. The highest BCUT2D eigenvalue weighted by Gasteiger charge is 2.25. The maximum absolute atomic E-state index is 13.4. The van der Waals surface area contributed by atoms with Crippen LogP contribution in [0, 0.1) is 17.1 Å². The highest BCUT2D eigenvalue weighted by Crippen LogP contribution is 2.36. The third kappa shape index (κ3) is 4.29. The third-order valence-electron chi connectivity index (χ3n) is 4.51. The number of rotatable bonds is 7. The quantitative estimate of drug-likeness (QED) is 0.596. The Morgan fingerprint density at radius 3 is 2.55 bits per heavy atom. The summed E-state index contributed by atoms with van der Waals surface area (Å²) in [5.41, 5.74) is 1.11. The van der Waals surface area contributed by atoms with E-state index in [1.807, 2.05) is 6.07 Å². The van der Waals surface area contributed by atoms with Gasteiger partial charge in [0.2, 0.25) is 10.0 Å². The molecule has 31 heavy (non-hydrogen) atoms. The number of benzene rings is 2. The summed E-state index contributed by atoms with van der Waals surface area (Å²) in [7, 11) is -2.19. The fourth-order valence-electron chi connectivity index (χ4n) is 3.21. The Morgan fingerprint density at radius 1 is 1.32 bits per heavy atom. The van der Waals surface area contributed by atoms with Crippen molar-refractivity contribution in [3.8, 4) is 17.5 Å². The molecule has 1 heterocycles. The van der Waals surface area contributed by atoms with E-state index in [2.05, 4.69) is 10.4 Å². The maximum atomic E-state index is 13.4. The van der Waals surface area contributed by atoms with E-state index in [0.29, 0.717) is 16.6 Å². The Bertz CT molecular complexity index is 1280. The molecule has 1 N–H and O–H groups in total. The summed E-state index contributed by atoms with van der Waals surface area (Å²) in [6.07, 6.45) is 1.06. The number of hydrogen-bond acceptors (Lipinski definition) is 6. The minimum atomic E-state index is -3.65. The van der Waals surface area contributed by atoms with Gasteiger partial charge in [0.15, 0.2) is 6.61 Å². The molecule has 1 amide bonds. The molecule has 2 aromatic carbocycles. The highest BCUT2D eigenvalue weighted by atomic mass is 32.2. The summed E-state index contributed by atoms with van der Waals surface area (Å²) < 4.78 is 45.9. The molecule has 0 fully saturated rings. The molecule has 0 atom stereocenters. The lowest BCUT2D eigenvalue weighted by molar-refractivity contribution is 0.0957. The van der Waals surface area contributed by atoms with Crippen molar-refractivity contribution in [3.63, 3.8) is 0 Å². The van der Waals surface area contributed by atoms with E-state index >= 15 is 0 Å². The van der Waals surface area contributed by atoms with Gasteiger partial charge in [-0.3, -0.25) is 9.10 Å². The minimum absolute atomic E-state index is 0.116. The summed E-state index contributed by atoms with van der Waals surface area (Å²) >= 11 is 0. The zero-order chi connectivity index (χ0) is 22.8. The lowest BCUT2D eigenvalue weighted by Gasteiger charge is -2.22. The number of nitrogens with zero attached hydrogens (tertiary/aromatic N) is 4. The molecule has 0 aliphatic rings. The van der Waals surface area contributed by atoms with Gasteiger partial charge in [0, 0.05) is 19.0 Å². The number of halogens is 1. The van der Waals surface area contributed by atoms with Gasteiger partial charge >= 0.3 is 0 Å². The molecule has 1 aromatic heterocycles. The van der Waals surface area contributed by atoms with Crippen LogP contribution in [0.1, 0.15) is 17.4 Å². The van der Waals surface area contributed by atoms with Crippen LogP contribution >= 0.6 is 0 Å². The van der Waals surface area contributed by atoms with Crippen molar-refractivity contribution in [2.75, 3.05) is 30.8 Å². The SMILES string of the molecule is CCN(c1cc2nn(-c3ccc(F)cc3)c(C(=O)NC)c2cc1OCC#N)S(C)(=O)=O. The van der Waals surface area contributed by atoms with Crippen LogP contribution < -0.4 is 14.4 Å². The lowest BCUT2D eigenvalue weighted by Crippen LogP contribution is -2.30. The van der Waals surface area contributed by atoms with Crippen LogP contribution in [0.5, 0.6) is 5.75 Å². The summed E-state index contributed by atoms with van der Waals surface area (Å²) in [6, 6.07) is 10.2.